The number of benzene rings is 1. The number of rotatable bonds is 6. The van der Waals surface area contributed by atoms with E-state index in [0.29, 0.717) is 43.1 Å². The molecule has 3 rings (SSSR count). The summed E-state index contributed by atoms with van der Waals surface area (Å²) in [6.07, 6.45) is 4.44. The lowest BCUT2D eigenvalue weighted by atomic mass is 9.97. The molecule has 1 aromatic heterocycles. The second-order valence-electron chi connectivity index (χ2n) is 6.64. The number of carbonyl (C=O) groups excluding carboxylic acids is 1. The van der Waals surface area contributed by atoms with Gasteiger partial charge in [0.25, 0.3) is 0 Å². The van der Waals surface area contributed by atoms with Crippen molar-refractivity contribution in [1.29, 1.82) is 0 Å². The van der Waals surface area contributed by atoms with E-state index in [0.717, 1.165) is 5.56 Å². The van der Waals surface area contributed by atoms with Crippen LogP contribution >= 0.6 is 11.6 Å². The number of nitrogens with one attached hydrogen (secondary N) is 1. The summed E-state index contributed by atoms with van der Waals surface area (Å²) >= 11 is 5.93. The first-order valence-corrected chi connectivity index (χ1v) is 10.8. The Balaban J connectivity index is 1.51. The summed E-state index contributed by atoms with van der Waals surface area (Å²) in [6.45, 7) is 1.14. The first-order chi connectivity index (χ1) is 12.9. The number of halogens is 1. The Bertz CT molecular complexity index is 882. The summed E-state index contributed by atoms with van der Waals surface area (Å²) < 4.78 is 26.7. The van der Waals surface area contributed by atoms with Gasteiger partial charge in [0.2, 0.25) is 15.9 Å². The van der Waals surface area contributed by atoms with Crippen LogP contribution in [-0.2, 0) is 27.1 Å². The first kappa shape index (κ1) is 19.8. The van der Waals surface area contributed by atoms with E-state index in [2.05, 4.69) is 10.3 Å². The van der Waals surface area contributed by atoms with Crippen molar-refractivity contribution in [3.05, 3.63) is 64.9 Å². The highest BCUT2D eigenvalue weighted by Crippen LogP contribution is 2.22. The molecular weight excluding hydrogens is 386 g/mol. The van der Waals surface area contributed by atoms with Gasteiger partial charge in [0, 0.05) is 43.0 Å². The van der Waals surface area contributed by atoms with Crippen LogP contribution in [0.2, 0.25) is 5.02 Å². The standard InChI is InChI=1S/C19H22ClN3O3S/c20-18-5-1-3-15(11-18)14-27(25,26)23-9-6-17(7-10-23)19(24)22-13-16-4-2-8-21-12-16/h1-5,8,11-12,17H,6-7,9-10,13-14H2,(H,22,24). The molecule has 0 bridgehead atoms. The fourth-order valence-electron chi connectivity index (χ4n) is 3.16. The predicted octanol–water partition coefficient (Wildman–Crippen LogP) is 2.59. The second kappa shape index (κ2) is 8.82. The topological polar surface area (TPSA) is 79.4 Å². The van der Waals surface area contributed by atoms with Crippen molar-refractivity contribution in [3.8, 4) is 0 Å². The lowest BCUT2D eigenvalue weighted by Gasteiger charge is -2.30. The van der Waals surface area contributed by atoms with Crippen molar-refractivity contribution < 1.29 is 13.2 Å². The maximum atomic E-state index is 12.6. The van der Waals surface area contributed by atoms with Crippen LogP contribution in [0.5, 0.6) is 0 Å². The molecule has 2 aromatic rings. The zero-order valence-corrected chi connectivity index (χ0v) is 16.4. The fourth-order valence-corrected chi connectivity index (χ4v) is 4.92. The van der Waals surface area contributed by atoms with Crippen LogP contribution in [0, 0.1) is 5.92 Å². The number of carbonyl (C=O) groups is 1. The van der Waals surface area contributed by atoms with Crippen molar-refractivity contribution >= 4 is 27.5 Å². The molecule has 0 saturated carbocycles. The largest absolute Gasteiger partial charge is 0.352 e. The molecule has 0 radical (unpaired) electrons. The van der Waals surface area contributed by atoms with Gasteiger partial charge in [-0.15, -0.1) is 0 Å². The number of hydrogen-bond donors (Lipinski definition) is 1. The van der Waals surface area contributed by atoms with Crippen LogP contribution in [0.1, 0.15) is 24.0 Å². The van der Waals surface area contributed by atoms with Gasteiger partial charge in [-0.1, -0.05) is 29.8 Å². The molecule has 8 heteroatoms. The Morgan fingerprint density at radius 2 is 1.93 bits per heavy atom. The molecule has 2 heterocycles. The van der Waals surface area contributed by atoms with Crippen LogP contribution in [0.3, 0.4) is 0 Å². The predicted molar refractivity (Wildman–Crippen MR) is 104 cm³/mol. The third kappa shape index (κ3) is 5.51. The third-order valence-corrected chi connectivity index (χ3v) is 6.73. The summed E-state index contributed by atoms with van der Waals surface area (Å²) in [5, 5.41) is 3.43. The lowest BCUT2D eigenvalue weighted by Crippen LogP contribution is -2.43. The van der Waals surface area contributed by atoms with E-state index in [1.807, 2.05) is 12.1 Å². The Morgan fingerprint density at radius 3 is 2.59 bits per heavy atom. The third-order valence-electron chi connectivity index (χ3n) is 4.65. The van der Waals surface area contributed by atoms with Gasteiger partial charge in [0.1, 0.15) is 0 Å². The lowest BCUT2D eigenvalue weighted by molar-refractivity contribution is -0.126. The molecule has 0 unspecified atom stereocenters. The monoisotopic (exact) mass is 407 g/mol. The molecule has 1 aliphatic rings. The number of hydrogen-bond acceptors (Lipinski definition) is 4. The zero-order valence-electron chi connectivity index (χ0n) is 14.8. The van der Waals surface area contributed by atoms with E-state index >= 15 is 0 Å². The highest BCUT2D eigenvalue weighted by molar-refractivity contribution is 7.88. The highest BCUT2D eigenvalue weighted by Gasteiger charge is 2.31. The van der Waals surface area contributed by atoms with Gasteiger partial charge < -0.3 is 5.32 Å². The molecular formula is C19H22ClN3O3S. The van der Waals surface area contributed by atoms with Gasteiger partial charge in [-0.05, 0) is 42.2 Å². The SMILES string of the molecule is O=C(NCc1cccnc1)C1CCN(S(=O)(=O)Cc2cccc(Cl)c2)CC1. The molecule has 0 spiro atoms. The first-order valence-electron chi connectivity index (χ1n) is 8.83. The van der Waals surface area contributed by atoms with Crippen molar-refractivity contribution in [1.82, 2.24) is 14.6 Å². The van der Waals surface area contributed by atoms with Crippen LogP contribution in [-0.4, -0.2) is 36.7 Å². The van der Waals surface area contributed by atoms with Gasteiger partial charge >= 0.3 is 0 Å². The molecule has 27 heavy (non-hydrogen) atoms. The van der Waals surface area contributed by atoms with Gasteiger partial charge in [-0.2, -0.15) is 0 Å². The minimum Gasteiger partial charge on any atom is -0.352 e. The van der Waals surface area contributed by atoms with E-state index in [1.165, 1.54) is 4.31 Å². The number of sulfonamides is 1. The number of nitrogens with zero attached hydrogens (tertiary/aromatic N) is 2. The average Bonchev–Trinajstić information content (AvgIpc) is 2.67. The van der Waals surface area contributed by atoms with Crippen LogP contribution < -0.4 is 5.32 Å². The Labute approximate surface area is 164 Å². The second-order valence-corrected chi connectivity index (χ2v) is 9.04. The molecule has 1 saturated heterocycles. The van der Waals surface area contributed by atoms with Gasteiger partial charge in [-0.3, -0.25) is 9.78 Å². The number of pyridine rings is 1. The van der Waals surface area contributed by atoms with E-state index in [9.17, 15) is 13.2 Å². The van der Waals surface area contributed by atoms with Crippen molar-refractivity contribution in [3.63, 3.8) is 0 Å². The summed E-state index contributed by atoms with van der Waals surface area (Å²) in [4.78, 5) is 16.4. The van der Waals surface area contributed by atoms with Crippen LogP contribution in [0.25, 0.3) is 0 Å². The Morgan fingerprint density at radius 1 is 1.19 bits per heavy atom. The van der Waals surface area contributed by atoms with Crippen LogP contribution in [0.15, 0.2) is 48.8 Å². The molecule has 1 N–H and O–H groups in total. The molecule has 144 valence electrons. The normalized spacial score (nSPS) is 16.2. The minimum atomic E-state index is -3.42. The molecule has 1 fully saturated rings. The quantitative estimate of drug-likeness (QED) is 0.798. The highest BCUT2D eigenvalue weighted by atomic mass is 35.5. The average molecular weight is 408 g/mol. The Kier molecular flexibility index (Phi) is 6.46. The maximum absolute atomic E-state index is 12.6. The number of amides is 1. The van der Waals surface area contributed by atoms with E-state index in [-0.39, 0.29) is 17.6 Å². The molecule has 0 atom stereocenters. The van der Waals surface area contributed by atoms with E-state index < -0.39 is 10.0 Å². The molecule has 1 amide bonds. The summed E-state index contributed by atoms with van der Waals surface area (Å²) in [5.74, 6) is -0.282. The maximum Gasteiger partial charge on any atom is 0.223 e. The summed E-state index contributed by atoms with van der Waals surface area (Å²) in [6, 6.07) is 10.6. The molecule has 0 aliphatic carbocycles. The number of aromatic nitrogens is 1. The minimum absolute atomic E-state index is 0.0363. The van der Waals surface area contributed by atoms with Gasteiger partial charge in [0.15, 0.2) is 0 Å². The van der Waals surface area contributed by atoms with Gasteiger partial charge in [-0.25, -0.2) is 12.7 Å². The smallest absolute Gasteiger partial charge is 0.223 e. The summed E-state index contributed by atoms with van der Waals surface area (Å²) in [7, 11) is -3.42. The van der Waals surface area contributed by atoms with Crippen molar-refractivity contribution in [2.75, 3.05) is 13.1 Å². The summed E-state index contributed by atoms with van der Waals surface area (Å²) in [5.41, 5.74) is 1.60. The van der Waals surface area contributed by atoms with Crippen molar-refractivity contribution in [2.45, 2.75) is 25.1 Å². The molecule has 1 aromatic carbocycles. The van der Waals surface area contributed by atoms with Crippen LogP contribution in [0.4, 0.5) is 0 Å². The molecule has 1 aliphatic heterocycles. The fraction of sp³-hybridized carbons (Fsp3) is 0.368. The molecule has 6 nitrogen and oxygen atoms in total. The number of piperidine rings is 1. The van der Waals surface area contributed by atoms with E-state index in [1.54, 1.807) is 36.7 Å². The van der Waals surface area contributed by atoms with E-state index in [4.69, 9.17) is 11.6 Å². The van der Waals surface area contributed by atoms with Crippen molar-refractivity contribution in [2.24, 2.45) is 5.92 Å². The van der Waals surface area contributed by atoms with Gasteiger partial charge in [0.05, 0.1) is 5.75 Å². The Hall–Kier alpha value is -1.96. The zero-order chi connectivity index (χ0) is 19.3.